The van der Waals surface area contributed by atoms with Crippen LogP contribution in [0.25, 0.3) is 94.9 Å². The summed E-state index contributed by atoms with van der Waals surface area (Å²) < 4.78 is 0. The predicted octanol–water partition coefficient (Wildman–Crippen LogP) is 19.2. The van der Waals surface area contributed by atoms with E-state index < -0.39 is 0 Å². The number of benzene rings is 8. The van der Waals surface area contributed by atoms with Crippen molar-refractivity contribution in [1.82, 2.24) is 29.9 Å². The van der Waals surface area contributed by atoms with E-state index in [0.29, 0.717) is 0 Å². The van der Waals surface area contributed by atoms with Crippen molar-refractivity contribution in [3.63, 3.8) is 0 Å². The molecule has 0 aliphatic heterocycles. The summed E-state index contributed by atoms with van der Waals surface area (Å²) in [5.74, 6) is 0. The molecule has 6 aromatic heterocycles. The summed E-state index contributed by atoms with van der Waals surface area (Å²) in [6, 6.07) is 119. The maximum Gasteiger partial charge on any atom is 3.00 e. The molecule has 13 heteroatoms. The first-order valence-corrected chi connectivity index (χ1v) is 28.8. The summed E-state index contributed by atoms with van der Waals surface area (Å²) in [6.45, 7) is 8.67. The number of pyridine rings is 6. The molecule has 8 aromatic carbocycles. The third kappa shape index (κ3) is 28.0. The van der Waals surface area contributed by atoms with E-state index in [1.54, 1.807) is 49.3 Å². The van der Waals surface area contributed by atoms with Crippen molar-refractivity contribution in [2.45, 2.75) is 13.8 Å². The fourth-order valence-electron chi connectivity index (χ4n) is 8.34. The summed E-state index contributed by atoms with van der Waals surface area (Å²) in [5.41, 5.74) is 18.2. The molecule has 0 fully saturated rings. The second-order valence-electron chi connectivity index (χ2n) is 18.8. The van der Waals surface area contributed by atoms with Crippen LogP contribution in [0.15, 0.2) is 304 Å². The summed E-state index contributed by atoms with van der Waals surface area (Å²) in [5, 5.41) is 14.7. The Morgan fingerprint density at radius 1 is 0.316 bits per heavy atom. The molecule has 0 aliphatic carbocycles. The van der Waals surface area contributed by atoms with Gasteiger partial charge in [-0.2, -0.15) is 209 Å². The first-order chi connectivity index (χ1) is 44.9. The Kier molecular flexibility index (Phi) is 39.1. The zero-order chi connectivity index (χ0) is 63.8. The van der Waals surface area contributed by atoms with Gasteiger partial charge in [-0.25, -0.2) is 22.3 Å². The summed E-state index contributed by atoms with van der Waals surface area (Å²) in [6.07, 6.45) is 10.6. The Morgan fingerprint density at radius 2 is 0.558 bits per heavy atom. The van der Waals surface area contributed by atoms with Crippen LogP contribution in [0.3, 0.4) is 0 Å². The SMILES string of the molecule is Cc1c[c-]cc(C)n1.[C-]#N.[N-]=C=S.[Ni+3].[Ni+3].[Ni+3].[Ni+3].[c-]1ccccc1-c1[c-]c(-c2ccccn2)ccc1.[c-]1ccccc1-c1[c-]c(-c2ccccn2)ccc1.[c-]1ccccc1-c1[c-]c(-c2ccccn2)ccc1.[c-]1ccccc1-c1[c-]c(-c2ccccn2)ccc1.[c-]1ccncc1. The Hall–Kier alpha value is -10.1. The first-order valence-electron chi connectivity index (χ1n) is 28.4. The van der Waals surface area contributed by atoms with Crippen LogP contribution in [0.1, 0.15) is 11.4 Å². The van der Waals surface area contributed by atoms with Gasteiger partial charge in [-0.15, -0.1) is 95.1 Å². The smallest absolute Gasteiger partial charge is 0.753 e. The third-order valence-electron chi connectivity index (χ3n) is 12.4. The molecule has 0 spiro atoms. The maximum atomic E-state index is 7.13. The Bertz CT molecular complexity index is 3600. The molecular weight excluding hydrogens is 1360 g/mol. The van der Waals surface area contributed by atoms with E-state index in [4.69, 9.17) is 17.2 Å². The van der Waals surface area contributed by atoms with Gasteiger partial charge in [-0.05, 0) is 24.3 Å². The van der Waals surface area contributed by atoms with Crippen molar-refractivity contribution in [1.29, 1.82) is 5.26 Å². The van der Waals surface area contributed by atoms with E-state index in [1.807, 2.05) is 269 Å². The zero-order valence-electron chi connectivity index (χ0n) is 51.1. The maximum absolute atomic E-state index is 7.13. The van der Waals surface area contributed by atoms with Gasteiger partial charge in [0.2, 0.25) is 0 Å². The molecule has 0 saturated carbocycles. The number of isothiocyanates is 1. The monoisotopic (exact) mass is 1420 g/mol. The molecule has 0 atom stereocenters. The summed E-state index contributed by atoms with van der Waals surface area (Å²) in [7, 11) is 0. The van der Waals surface area contributed by atoms with E-state index in [9.17, 15) is 0 Å². The van der Waals surface area contributed by atoms with Crippen molar-refractivity contribution in [3.05, 3.63) is 388 Å². The van der Waals surface area contributed by atoms with Gasteiger partial charge < -0.3 is 27.2 Å². The molecule has 14 aromatic rings. The van der Waals surface area contributed by atoms with Crippen LogP contribution in [0.4, 0.5) is 0 Å². The fraction of sp³-hybridized carbons (Fsp3) is 0.0244. The van der Waals surface area contributed by atoms with Crippen molar-refractivity contribution >= 4 is 17.4 Å². The van der Waals surface area contributed by atoms with Gasteiger partial charge in [0.05, 0.1) is 0 Å². The molecule has 6 heterocycles. The molecule has 0 bridgehead atoms. The van der Waals surface area contributed by atoms with E-state index in [2.05, 4.69) is 103 Å². The van der Waals surface area contributed by atoms with Crippen LogP contribution in [-0.4, -0.2) is 35.1 Å². The minimum atomic E-state index is 0. The molecule has 14 rings (SSSR count). The topological polar surface area (TPSA) is 123 Å². The number of aryl methyl sites for hydroxylation is 2. The molecule has 0 unspecified atom stereocenters. The minimum absolute atomic E-state index is 0. The molecular formula is C82H56N8Ni4S. The van der Waals surface area contributed by atoms with Gasteiger partial charge in [0, 0.05) is 47.6 Å². The quantitative estimate of drug-likeness (QED) is 0.0638. The Labute approximate surface area is 605 Å². The van der Waals surface area contributed by atoms with Gasteiger partial charge in [0.1, 0.15) is 0 Å². The molecule has 95 heavy (non-hydrogen) atoms. The molecule has 0 N–H and O–H groups in total. The van der Waals surface area contributed by atoms with Crippen LogP contribution in [-0.2, 0) is 66.0 Å². The van der Waals surface area contributed by atoms with Gasteiger partial charge in [-0.3, -0.25) is 19.9 Å². The number of hydrogen-bond donors (Lipinski definition) is 0. The molecule has 0 saturated heterocycles. The van der Waals surface area contributed by atoms with Gasteiger partial charge >= 0.3 is 66.0 Å². The van der Waals surface area contributed by atoms with E-state index in [1.165, 1.54) is 5.16 Å². The van der Waals surface area contributed by atoms with E-state index >= 15 is 0 Å². The molecule has 0 aliphatic rings. The molecule has 8 nitrogen and oxygen atoms in total. The molecule has 470 valence electrons. The zero-order valence-corrected chi connectivity index (χ0v) is 55.9. The Balaban J connectivity index is 0.000000298. The average Bonchev–Trinajstić information content (AvgIpc) is 0.968. The van der Waals surface area contributed by atoms with Crippen molar-refractivity contribution in [3.8, 4) is 89.5 Å². The van der Waals surface area contributed by atoms with E-state index in [-0.39, 0.29) is 66.0 Å². The predicted molar refractivity (Wildman–Crippen MR) is 368 cm³/mol. The minimum Gasteiger partial charge on any atom is -0.753 e. The number of nitrogens with zero attached hydrogens (tertiary/aromatic N) is 8. The number of thiocarbonyl (C=S) groups is 1. The number of hydrogen-bond acceptors (Lipinski definition) is 8. The van der Waals surface area contributed by atoms with Gasteiger partial charge in [-0.1, -0.05) is 98.4 Å². The van der Waals surface area contributed by atoms with Gasteiger partial charge in [0.25, 0.3) is 0 Å². The van der Waals surface area contributed by atoms with Crippen molar-refractivity contribution in [2.24, 2.45) is 0 Å². The van der Waals surface area contributed by atoms with Crippen LogP contribution in [0.5, 0.6) is 0 Å². The van der Waals surface area contributed by atoms with Crippen LogP contribution in [0.2, 0.25) is 0 Å². The number of aromatic nitrogens is 6. The van der Waals surface area contributed by atoms with Crippen LogP contribution < -0.4 is 0 Å². The van der Waals surface area contributed by atoms with Crippen molar-refractivity contribution in [2.75, 3.05) is 0 Å². The average molecular weight is 1420 g/mol. The summed E-state index contributed by atoms with van der Waals surface area (Å²) >= 11 is 3.70. The number of rotatable bonds is 8. The second-order valence-corrected chi connectivity index (χ2v) is 18.9. The van der Waals surface area contributed by atoms with Crippen molar-refractivity contribution < 1.29 is 66.0 Å². The normalized spacial score (nSPS) is 9.14. The largest absolute Gasteiger partial charge is 3.00 e. The standard InChI is InChI=1S/4C17H11N.C7H8N.C5H4N.CNS.CN.4Ni/c4*1-2-7-14(8-3-1)15-9-6-10-16(13-15)17-11-4-5-12-18-17;1-6-4-3-5-7(2)8-6;1-2-4-6-5-3-1;2-1-3;1-2;;;;/h4*1-7,9-12H;4-5H,1-2H3;2-5H;;;;;;/q4*-2;4*-1;4*+3. The summed E-state index contributed by atoms with van der Waals surface area (Å²) in [4.78, 5) is 25.3. The van der Waals surface area contributed by atoms with Crippen LogP contribution in [0, 0.1) is 86.3 Å². The first kappa shape index (κ1) is 79.2. The van der Waals surface area contributed by atoms with Gasteiger partial charge in [0.15, 0.2) is 0 Å². The fourth-order valence-corrected chi connectivity index (χ4v) is 8.34. The Morgan fingerprint density at radius 3 is 0.737 bits per heavy atom. The van der Waals surface area contributed by atoms with Crippen LogP contribution >= 0.6 is 12.2 Å². The van der Waals surface area contributed by atoms with E-state index in [0.717, 1.165) is 101 Å². The molecule has 0 amide bonds. The third-order valence-corrected chi connectivity index (χ3v) is 12.4. The second kappa shape index (κ2) is 46.9. The molecule has 4 radical (unpaired) electrons.